The highest BCUT2D eigenvalue weighted by Gasteiger charge is 2.42. The zero-order valence-electron chi connectivity index (χ0n) is 11.6. The van der Waals surface area contributed by atoms with E-state index in [9.17, 15) is 4.79 Å². The van der Waals surface area contributed by atoms with Crippen LogP contribution in [0.2, 0.25) is 0 Å². The van der Waals surface area contributed by atoms with Crippen LogP contribution < -0.4 is 11.1 Å². The number of carbonyl (C=O) groups excluding carboxylic acids is 1. The van der Waals surface area contributed by atoms with E-state index >= 15 is 0 Å². The summed E-state index contributed by atoms with van der Waals surface area (Å²) in [6.45, 7) is 3.57. The number of amides is 1. The first-order valence-corrected chi connectivity index (χ1v) is 7.17. The second kappa shape index (κ2) is 6.33. The molecule has 0 unspecified atom stereocenters. The van der Waals surface area contributed by atoms with Crippen LogP contribution in [0.25, 0.3) is 0 Å². The molecule has 1 amide bonds. The molecule has 0 aliphatic carbocycles. The zero-order valence-corrected chi connectivity index (χ0v) is 12.5. The van der Waals surface area contributed by atoms with Crippen LogP contribution in [0.5, 0.6) is 0 Å². The Morgan fingerprint density at radius 3 is 2.65 bits per heavy atom. The number of aryl methyl sites for hydroxylation is 1. The van der Waals surface area contributed by atoms with Gasteiger partial charge in [0.25, 0.3) is 0 Å². The molecular weight excluding hydrogens is 272 g/mol. The third-order valence-electron chi connectivity index (χ3n) is 3.95. The van der Waals surface area contributed by atoms with Crippen LogP contribution in [-0.4, -0.2) is 24.1 Å². The molecule has 3 N–H and O–H groups in total. The van der Waals surface area contributed by atoms with Crippen molar-refractivity contribution in [3.05, 3.63) is 35.4 Å². The smallest absolute Gasteiger partial charge is 0.233 e. The highest BCUT2D eigenvalue weighted by atomic mass is 32.1. The Hall–Kier alpha value is -1.46. The van der Waals surface area contributed by atoms with Gasteiger partial charge in [0.2, 0.25) is 5.91 Å². The van der Waals surface area contributed by atoms with E-state index in [1.807, 2.05) is 31.2 Å². The van der Waals surface area contributed by atoms with Gasteiger partial charge in [0.15, 0.2) is 0 Å². The van der Waals surface area contributed by atoms with Crippen LogP contribution in [-0.2, 0) is 16.1 Å². The molecule has 0 spiro atoms. The van der Waals surface area contributed by atoms with E-state index in [0.29, 0.717) is 32.6 Å². The Bertz CT molecular complexity index is 510. The summed E-state index contributed by atoms with van der Waals surface area (Å²) in [5, 5.41) is 2.97. The average Bonchev–Trinajstić information content (AvgIpc) is 2.46. The summed E-state index contributed by atoms with van der Waals surface area (Å²) < 4.78 is 5.31. The van der Waals surface area contributed by atoms with Crippen LogP contribution in [0.3, 0.4) is 0 Å². The molecule has 5 heteroatoms. The van der Waals surface area contributed by atoms with Crippen molar-refractivity contribution in [3.8, 4) is 0 Å². The van der Waals surface area contributed by atoms with E-state index in [-0.39, 0.29) is 10.9 Å². The topological polar surface area (TPSA) is 64.4 Å². The molecule has 2 rings (SSSR count). The van der Waals surface area contributed by atoms with Crippen molar-refractivity contribution in [2.24, 2.45) is 11.1 Å². The first-order chi connectivity index (χ1) is 9.56. The van der Waals surface area contributed by atoms with E-state index in [1.165, 1.54) is 0 Å². The van der Waals surface area contributed by atoms with E-state index in [0.717, 1.165) is 11.1 Å². The SMILES string of the molecule is Cc1ccccc1CNC(=O)C1(C(N)=S)CCOCC1. The van der Waals surface area contributed by atoms with Gasteiger partial charge in [-0.2, -0.15) is 0 Å². The molecule has 4 nitrogen and oxygen atoms in total. The molecule has 0 aromatic heterocycles. The minimum atomic E-state index is -0.754. The Labute approximate surface area is 124 Å². The van der Waals surface area contributed by atoms with Gasteiger partial charge in [0.05, 0.1) is 4.99 Å². The molecule has 1 aromatic rings. The van der Waals surface area contributed by atoms with Crippen LogP contribution in [0.15, 0.2) is 24.3 Å². The predicted octanol–water partition coefficient (Wildman–Crippen LogP) is 1.69. The molecule has 1 heterocycles. The van der Waals surface area contributed by atoms with Crippen molar-refractivity contribution >= 4 is 23.1 Å². The second-order valence-electron chi connectivity index (χ2n) is 5.17. The van der Waals surface area contributed by atoms with Gasteiger partial charge in [-0.1, -0.05) is 36.5 Å². The summed E-state index contributed by atoms with van der Waals surface area (Å²) in [7, 11) is 0. The van der Waals surface area contributed by atoms with Crippen LogP contribution >= 0.6 is 12.2 Å². The summed E-state index contributed by atoms with van der Waals surface area (Å²) >= 11 is 5.12. The fraction of sp³-hybridized carbons (Fsp3) is 0.467. The molecule has 0 radical (unpaired) electrons. The van der Waals surface area contributed by atoms with Crippen molar-refractivity contribution in [1.29, 1.82) is 0 Å². The number of thiocarbonyl (C=S) groups is 1. The number of ether oxygens (including phenoxy) is 1. The van der Waals surface area contributed by atoms with Gasteiger partial charge in [0.1, 0.15) is 5.41 Å². The van der Waals surface area contributed by atoms with Gasteiger partial charge in [-0.05, 0) is 30.9 Å². The minimum absolute atomic E-state index is 0.0865. The molecular formula is C15H20N2O2S. The molecule has 0 saturated carbocycles. The first-order valence-electron chi connectivity index (χ1n) is 6.77. The molecule has 0 bridgehead atoms. The number of nitrogens with one attached hydrogen (secondary N) is 1. The first kappa shape index (κ1) is 14.9. The number of hydrogen-bond donors (Lipinski definition) is 2. The number of rotatable bonds is 4. The highest BCUT2D eigenvalue weighted by Crippen LogP contribution is 2.31. The molecule has 1 fully saturated rings. The van der Waals surface area contributed by atoms with E-state index < -0.39 is 5.41 Å². The van der Waals surface area contributed by atoms with Gasteiger partial charge in [-0.3, -0.25) is 4.79 Å². The minimum Gasteiger partial charge on any atom is -0.392 e. The van der Waals surface area contributed by atoms with Gasteiger partial charge < -0.3 is 15.8 Å². The number of benzene rings is 1. The van der Waals surface area contributed by atoms with Crippen LogP contribution in [0.1, 0.15) is 24.0 Å². The lowest BCUT2D eigenvalue weighted by molar-refractivity contribution is -0.131. The largest absolute Gasteiger partial charge is 0.392 e. The van der Waals surface area contributed by atoms with Gasteiger partial charge >= 0.3 is 0 Å². The third kappa shape index (κ3) is 2.99. The maximum Gasteiger partial charge on any atom is 0.233 e. The lowest BCUT2D eigenvalue weighted by Gasteiger charge is -2.34. The zero-order chi connectivity index (χ0) is 14.6. The van der Waals surface area contributed by atoms with Gasteiger partial charge in [-0.25, -0.2) is 0 Å². The number of hydrogen-bond acceptors (Lipinski definition) is 3. The fourth-order valence-electron chi connectivity index (χ4n) is 2.46. The van der Waals surface area contributed by atoms with Crippen molar-refractivity contribution < 1.29 is 9.53 Å². The Morgan fingerprint density at radius 1 is 1.40 bits per heavy atom. The van der Waals surface area contributed by atoms with Crippen LogP contribution in [0, 0.1) is 12.3 Å². The molecule has 108 valence electrons. The molecule has 0 atom stereocenters. The quantitative estimate of drug-likeness (QED) is 0.829. The second-order valence-corrected chi connectivity index (χ2v) is 5.61. The third-order valence-corrected chi connectivity index (χ3v) is 4.34. The van der Waals surface area contributed by atoms with Crippen LogP contribution in [0.4, 0.5) is 0 Å². The van der Waals surface area contributed by atoms with Gasteiger partial charge in [0, 0.05) is 19.8 Å². The van der Waals surface area contributed by atoms with E-state index in [2.05, 4.69) is 5.32 Å². The standard InChI is InChI=1S/C15H20N2O2S/c1-11-4-2-3-5-12(11)10-17-14(18)15(13(16)20)6-8-19-9-7-15/h2-5H,6-10H2,1H3,(H2,16,20)(H,17,18). The molecule has 1 aromatic carbocycles. The molecule has 1 aliphatic heterocycles. The summed E-state index contributed by atoms with van der Waals surface area (Å²) in [5.74, 6) is -0.0865. The normalized spacial score (nSPS) is 17.4. The Kier molecular flexibility index (Phi) is 4.73. The summed E-state index contributed by atoms with van der Waals surface area (Å²) in [5.41, 5.74) is 7.32. The van der Waals surface area contributed by atoms with Crippen molar-refractivity contribution in [3.63, 3.8) is 0 Å². The van der Waals surface area contributed by atoms with Crippen molar-refractivity contribution in [1.82, 2.24) is 5.32 Å². The summed E-state index contributed by atoms with van der Waals surface area (Å²) in [4.78, 5) is 12.8. The average molecular weight is 292 g/mol. The molecule has 1 aliphatic rings. The maximum atomic E-state index is 12.5. The number of nitrogens with two attached hydrogens (primary N) is 1. The predicted molar refractivity (Wildman–Crippen MR) is 82.3 cm³/mol. The van der Waals surface area contributed by atoms with Gasteiger partial charge in [-0.15, -0.1) is 0 Å². The van der Waals surface area contributed by atoms with E-state index in [1.54, 1.807) is 0 Å². The summed E-state index contributed by atoms with van der Waals surface area (Å²) in [6, 6.07) is 7.98. The Morgan fingerprint density at radius 2 is 2.05 bits per heavy atom. The van der Waals surface area contributed by atoms with Crippen molar-refractivity contribution in [2.75, 3.05) is 13.2 Å². The Balaban J connectivity index is 2.06. The van der Waals surface area contributed by atoms with Crippen molar-refractivity contribution in [2.45, 2.75) is 26.3 Å². The lowest BCUT2D eigenvalue weighted by Crippen LogP contribution is -2.51. The van der Waals surface area contributed by atoms with E-state index in [4.69, 9.17) is 22.7 Å². The highest BCUT2D eigenvalue weighted by molar-refractivity contribution is 7.80. The fourth-order valence-corrected chi connectivity index (χ4v) is 2.76. The maximum absolute atomic E-state index is 12.5. The molecule has 1 saturated heterocycles. The monoisotopic (exact) mass is 292 g/mol. The summed E-state index contributed by atoms with van der Waals surface area (Å²) in [6.07, 6.45) is 1.11. The lowest BCUT2D eigenvalue weighted by atomic mass is 9.79. The number of carbonyl (C=O) groups is 1. The molecule has 20 heavy (non-hydrogen) atoms.